The van der Waals surface area contributed by atoms with Crippen LogP contribution < -0.4 is 4.90 Å². The Balaban J connectivity index is 1.32. The van der Waals surface area contributed by atoms with Crippen LogP contribution in [0, 0.1) is 6.92 Å². The molecule has 27 heavy (non-hydrogen) atoms. The summed E-state index contributed by atoms with van der Waals surface area (Å²) in [5.41, 5.74) is 3.38. The van der Waals surface area contributed by atoms with Crippen molar-refractivity contribution >= 4 is 56.5 Å². The fraction of sp³-hybridized carbons (Fsp3) is 0.300. The normalized spacial score (nSPS) is 14.7. The number of para-hydroxylation sites is 1. The molecule has 0 N–H and O–H groups in total. The molecule has 0 atom stereocenters. The molecular formula is C20H20ClN3OS2. The molecule has 0 aliphatic carbocycles. The maximum absolute atomic E-state index is 12.6. The highest BCUT2D eigenvalue weighted by molar-refractivity contribution is 8.01. The highest BCUT2D eigenvalue weighted by Gasteiger charge is 2.22. The van der Waals surface area contributed by atoms with Crippen molar-refractivity contribution in [2.24, 2.45) is 0 Å². The summed E-state index contributed by atoms with van der Waals surface area (Å²) in [6, 6.07) is 14.1. The topological polar surface area (TPSA) is 36.4 Å². The van der Waals surface area contributed by atoms with Crippen molar-refractivity contribution in [1.29, 1.82) is 0 Å². The number of thiazole rings is 1. The van der Waals surface area contributed by atoms with Gasteiger partial charge in [0.05, 0.1) is 16.0 Å². The number of nitrogens with zero attached hydrogens (tertiary/aromatic N) is 3. The van der Waals surface area contributed by atoms with Crippen molar-refractivity contribution in [3.8, 4) is 0 Å². The summed E-state index contributed by atoms with van der Waals surface area (Å²) >= 11 is 9.33. The molecule has 0 bridgehead atoms. The first-order valence-electron chi connectivity index (χ1n) is 8.87. The Kier molecular flexibility index (Phi) is 5.57. The molecule has 140 valence electrons. The van der Waals surface area contributed by atoms with Gasteiger partial charge in [-0.1, -0.05) is 41.6 Å². The van der Waals surface area contributed by atoms with E-state index in [9.17, 15) is 4.79 Å². The predicted molar refractivity (Wildman–Crippen MR) is 115 cm³/mol. The summed E-state index contributed by atoms with van der Waals surface area (Å²) in [5.74, 6) is 0.623. The molecule has 3 aromatic rings. The van der Waals surface area contributed by atoms with Crippen LogP contribution in [0.1, 0.15) is 5.56 Å². The molecule has 1 fully saturated rings. The summed E-state index contributed by atoms with van der Waals surface area (Å²) in [7, 11) is 0. The number of aromatic nitrogens is 1. The largest absolute Gasteiger partial charge is 0.368 e. The van der Waals surface area contributed by atoms with Gasteiger partial charge in [0, 0.05) is 36.9 Å². The third kappa shape index (κ3) is 4.23. The van der Waals surface area contributed by atoms with Gasteiger partial charge in [0.1, 0.15) is 0 Å². The molecule has 7 heteroatoms. The first kappa shape index (κ1) is 18.6. The number of aryl methyl sites for hydroxylation is 1. The molecular weight excluding hydrogens is 398 g/mol. The predicted octanol–water partition coefficient (Wildman–Crippen LogP) is 4.70. The molecule has 1 amide bonds. The summed E-state index contributed by atoms with van der Waals surface area (Å²) in [6.45, 7) is 5.24. The van der Waals surface area contributed by atoms with E-state index in [0.717, 1.165) is 45.8 Å². The van der Waals surface area contributed by atoms with Crippen molar-refractivity contribution in [3.05, 3.63) is 53.1 Å². The van der Waals surface area contributed by atoms with E-state index in [2.05, 4.69) is 22.9 Å². The Morgan fingerprint density at radius 1 is 1.19 bits per heavy atom. The standard InChI is InChI=1S/C20H20ClN3OS2/c1-14-6-7-15(21)12-17(14)23-8-10-24(11-9-23)19(25)13-26-20-22-16-4-2-3-5-18(16)27-20/h2-7,12H,8-11,13H2,1H3. The Morgan fingerprint density at radius 3 is 2.74 bits per heavy atom. The second kappa shape index (κ2) is 8.09. The number of fused-ring (bicyclic) bond motifs is 1. The van der Waals surface area contributed by atoms with Crippen LogP contribution >= 0.6 is 34.7 Å². The van der Waals surface area contributed by atoms with Gasteiger partial charge in [0.25, 0.3) is 0 Å². The number of amides is 1. The zero-order valence-electron chi connectivity index (χ0n) is 15.0. The van der Waals surface area contributed by atoms with E-state index in [1.165, 1.54) is 23.0 Å². The number of halogens is 1. The van der Waals surface area contributed by atoms with Gasteiger partial charge < -0.3 is 9.80 Å². The maximum Gasteiger partial charge on any atom is 0.233 e. The molecule has 4 rings (SSSR count). The van der Waals surface area contributed by atoms with Gasteiger partial charge in [-0.05, 0) is 36.8 Å². The van der Waals surface area contributed by atoms with Gasteiger partial charge in [0.15, 0.2) is 4.34 Å². The van der Waals surface area contributed by atoms with E-state index >= 15 is 0 Å². The van der Waals surface area contributed by atoms with E-state index in [1.807, 2.05) is 41.3 Å². The van der Waals surface area contributed by atoms with Crippen LogP contribution in [0.25, 0.3) is 10.2 Å². The van der Waals surface area contributed by atoms with Gasteiger partial charge in [-0.2, -0.15) is 0 Å². The van der Waals surface area contributed by atoms with Crippen LogP contribution in [0.4, 0.5) is 5.69 Å². The van der Waals surface area contributed by atoms with Crippen LogP contribution in [0.2, 0.25) is 5.02 Å². The van der Waals surface area contributed by atoms with Crippen LogP contribution in [0.5, 0.6) is 0 Å². The minimum absolute atomic E-state index is 0.182. The van der Waals surface area contributed by atoms with Gasteiger partial charge >= 0.3 is 0 Å². The Hall–Kier alpha value is -1.76. The summed E-state index contributed by atoms with van der Waals surface area (Å²) in [4.78, 5) is 21.4. The van der Waals surface area contributed by atoms with Gasteiger partial charge in [-0.15, -0.1) is 11.3 Å². The maximum atomic E-state index is 12.6. The minimum atomic E-state index is 0.182. The summed E-state index contributed by atoms with van der Waals surface area (Å²) in [6.07, 6.45) is 0. The van der Waals surface area contributed by atoms with E-state index in [4.69, 9.17) is 11.6 Å². The van der Waals surface area contributed by atoms with Crippen molar-refractivity contribution in [3.63, 3.8) is 0 Å². The second-order valence-corrected chi connectivity index (χ2v) is 9.22. The van der Waals surface area contributed by atoms with E-state index in [-0.39, 0.29) is 5.91 Å². The highest BCUT2D eigenvalue weighted by atomic mass is 35.5. The molecule has 0 saturated carbocycles. The van der Waals surface area contributed by atoms with Crippen LogP contribution in [-0.2, 0) is 4.79 Å². The molecule has 2 heterocycles. The average Bonchev–Trinajstić information content (AvgIpc) is 3.11. The number of hydrogen-bond donors (Lipinski definition) is 0. The molecule has 0 radical (unpaired) electrons. The highest BCUT2D eigenvalue weighted by Crippen LogP contribution is 2.30. The Morgan fingerprint density at radius 2 is 1.96 bits per heavy atom. The lowest BCUT2D eigenvalue weighted by molar-refractivity contribution is -0.128. The number of piperazine rings is 1. The van der Waals surface area contributed by atoms with Gasteiger partial charge in [-0.25, -0.2) is 4.98 Å². The summed E-state index contributed by atoms with van der Waals surface area (Å²) in [5, 5.41) is 0.751. The zero-order valence-corrected chi connectivity index (χ0v) is 17.4. The Labute approximate surface area is 172 Å². The van der Waals surface area contributed by atoms with E-state index in [0.29, 0.717) is 5.75 Å². The number of hydrogen-bond acceptors (Lipinski definition) is 5. The van der Waals surface area contributed by atoms with Gasteiger partial charge in [0.2, 0.25) is 5.91 Å². The summed E-state index contributed by atoms with van der Waals surface area (Å²) < 4.78 is 2.12. The quantitative estimate of drug-likeness (QED) is 0.576. The lowest BCUT2D eigenvalue weighted by atomic mass is 10.1. The number of anilines is 1. The van der Waals surface area contributed by atoms with E-state index in [1.54, 1.807) is 11.3 Å². The molecule has 1 aliphatic rings. The van der Waals surface area contributed by atoms with Crippen molar-refractivity contribution in [1.82, 2.24) is 9.88 Å². The fourth-order valence-electron chi connectivity index (χ4n) is 3.25. The van der Waals surface area contributed by atoms with Crippen molar-refractivity contribution < 1.29 is 4.79 Å². The van der Waals surface area contributed by atoms with Crippen molar-refractivity contribution in [2.45, 2.75) is 11.3 Å². The first-order chi connectivity index (χ1) is 13.1. The van der Waals surface area contributed by atoms with Crippen molar-refractivity contribution in [2.75, 3.05) is 36.8 Å². The fourth-order valence-corrected chi connectivity index (χ4v) is 5.39. The molecule has 1 aromatic heterocycles. The molecule has 4 nitrogen and oxygen atoms in total. The molecule has 1 aliphatic heterocycles. The minimum Gasteiger partial charge on any atom is -0.368 e. The van der Waals surface area contributed by atoms with Gasteiger partial charge in [-0.3, -0.25) is 4.79 Å². The number of thioether (sulfide) groups is 1. The van der Waals surface area contributed by atoms with Crippen LogP contribution in [0.15, 0.2) is 46.8 Å². The molecule has 0 unspecified atom stereocenters. The number of benzene rings is 2. The second-order valence-electron chi connectivity index (χ2n) is 6.53. The zero-order chi connectivity index (χ0) is 18.8. The first-order valence-corrected chi connectivity index (χ1v) is 11.1. The lowest BCUT2D eigenvalue weighted by Gasteiger charge is -2.36. The van der Waals surface area contributed by atoms with Crippen LogP contribution in [-0.4, -0.2) is 47.7 Å². The van der Waals surface area contributed by atoms with Crippen LogP contribution in [0.3, 0.4) is 0 Å². The monoisotopic (exact) mass is 417 g/mol. The third-order valence-corrected chi connectivity index (χ3v) is 7.14. The average molecular weight is 418 g/mol. The number of carbonyl (C=O) groups excluding carboxylic acids is 1. The molecule has 0 spiro atoms. The molecule has 2 aromatic carbocycles. The third-order valence-electron chi connectivity index (χ3n) is 4.74. The number of carbonyl (C=O) groups is 1. The lowest BCUT2D eigenvalue weighted by Crippen LogP contribution is -2.49. The number of rotatable bonds is 4. The molecule has 1 saturated heterocycles. The smallest absolute Gasteiger partial charge is 0.233 e. The Bertz CT molecular complexity index is 934. The van der Waals surface area contributed by atoms with E-state index < -0.39 is 0 Å². The SMILES string of the molecule is Cc1ccc(Cl)cc1N1CCN(C(=O)CSc2nc3ccccc3s2)CC1.